The Morgan fingerprint density at radius 1 is 1.31 bits per heavy atom. The van der Waals surface area contributed by atoms with E-state index in [0.717, 1.165) is 19.4 Å². The minimum Gasteiger partial charge on any atom is -0.460 e. The Hall–Kier alpha value is -2.16. The summed E-state index contributed by atoms with van der Waals surface area (Å²) >= 11 is 0. The molecule has 1 amide bonds. The van der Waals surface area contributed by atoms with Crippen molar-refractivity contribution in [2.75, 3.05) is 26.2 Å². The molecule has 3 rings (SSSR count). The van der Waals surface area contributed by atoms with Crippen molar-refractivity contribution in [1.29, 1.82) is 0 Å². The minimum absolute atomic E-state index is 0.130. The molecule has 0 unspecified atom stereocenters. The third kappa shape index (κ3) is 3.98. The average Bonchev–Trinajstić information content (AvgIpc) is 3.21. The summed E-state index contributed by atoms with van der Waals surface area (Å²) in [5.74, 6) is -0.542. The average molecular weight is 366 g/mol. The number of hydrogen-bond acceptors (Lipinski definition) is 8. The maximum Gasteiger partial charge on any atom is 0.411 e. The Kier molecular flexibility index (Phi) is 5.17. The molecule has 2 aliphatic heterocycles. The number of esters is 1. The van der Waals surface area contributed by atoms with Gasteiger partial charge in [-0.1, -0.05) is 0 Å². The van der Waals surface area contributed by atoms with Gasteiger partial charge in [0.2, 0.25) is 0 Å². The second kappa shape index (κ2) is 7.22. The van der Waals surface area contributed by atoms with E-state index < -0.39 is 23.7 Å². The van der Waals surface area contributed by atoms with Gasteiger partial charge in [0.25, 0.3) is 11.7 Å². The number of amides is 1. The van der Waals surface area contributed by atoms with Crippen LogP contribution in [0.3, 0.4) is 0 Å². The van der Waals surface area contributed by atoms with Crippen LogP contribution in [0.4, 0.5) is 4.79 Å². The van der Waals surface area contributed by atoms with E-state index in [0.29, 0.717) is 19.1 Å². The summed E-state index contributed by atoms with van der Waals surface area (Å²) in [6, 6.07) is -0.138. The third-order valence-corrected chi connectivity index (χ3v) is 4.50. The Bertz CT molecular complexity index is 668. The third-order valence-electron chi connectivity index (χ3n) is 4.50. The first-order valence-corrected chi connectivity index (χ1v) is 9.03. The number of piperazine rings is 1. The molecule has 2 atom stereocenters. The number of carbonyl (C=O) groups is 2. The first-order valence-electron chi connectivity index (χ1n) is 9.03. The lowest BCUT2D eigenvalue weighted by Gasteiger charge is -2.42. The molecule has 26 heavy (non-hydrogen) atoms. The predicted octanol–water partition coefficient (Wildman–Crippen LogP) is 2.00. The molecule has 0 bridgehead atoms. The smallest absolute Gasteiger partial charge is 0.411 e. The van der Waals surface area contributed by atoms with Crippen LogP contribution in [0.2, 0.25) is 0 Å². The quantitative estimate of drug-likeness (QED) is 0.749. The topological polar surface area (TPSA) is 98.0 Å². The van der Waals surface area contributed by atoms with Gasteiger partial charge in [-0.25, -0.2) is 9.59 Å². The van der Waals surface area contributed by atoms with Crippen molar-refractivity contribution < 1.29 is 23.6 Å². The fourth-order valence-electron chi connectivity index (χ4n) is 3.40. The van der Waals surface area contributed by atoms with E-state index in [2.05, 4.69) is 15.0 Å². The number of nitrogens with zero attached hydrogens (tertiary/aromatic N) is 4. The van der Waals surface area contributed by atoms with Gasteiger partial charge in [-0.2, -0.15) is 4.98 Å². The molecule has 0 N–H and O–H groups in total. The highest BCUT2D eigenvalue weighted by atomic mass is 16.6. The van der Waals surface area contributed by atoms with Gasteiger partial charge < -0.3 is 14.0 Å². The number of rotatable bonds is 3. The Morgan fingerprint density at radius 3 is 2.77 bits per heavy atom. The maximum atomic E-state index is 12.7. The molecule has 9 nitrogen and oxygen atoms in total. The van der Waals surface area contributed by atoms with Crippen LogP contribution >= 0.6 is 0 Å². The Morgan fingerprint density at radius 2 is 2.08 bits per heavy atom. The number of carbonyl (C=O) groups excluding carboxylic acids is 2. The van der Waals surface area contributed by atoms with Crippen molar-refractivity contribution in [3.05, 3.63) is 11.7 Å². The van der Waals surface area contributed by atoms with E-state index in [1.807, 2.05) is 20.8 Å². The molecule has 0 aromatic carbocycles. The summed E-state index contributed by atoms with van der Waals surface area (Å²) in [6.07, 6.45) is 1.73. The van der Waals surface area contributed by atoms with Gasteiger partial charge in [0.1, 0.15) is 11.6 Å². The summed E-state index contributed by atoms with van der Waals surface area (Å²) in [7, 11) is 0. The van der Waals surface area contributed by atoms with Gasteiger partial charge in [0.05, 0.1) is 6.61 Å². The first kappa shape index (κ1) is 18.6. The Labute approximate surface area is 152 Å². The van der Waals surface area contributed by atoms with Crippen molar-refractivity contribution in [2.45, 2.75) is 58.2 Å². The Balaban J connectivity index is 1.83. The first-order chi connectivity index (χ1) is 12.3. The van der Waals surface area contributed by atoms with Crippen molar-refractivity contribution in [3.8, 4) is 0 Å². The lowest BCUT2D eigenvalue weighted by atomic mass is 10.1. The van der Waals surface area contributed by atoms with Crippen LogP contribution in [-0.4, -0.2) is 69.9 Å². The molecule has 0 saturated carbocycles. The van der Waals surface area contributed by atoms with Crippen molar-refractivity contribution in [2.24, 2.45) is 0 Å². The van der Waals surface area contributed by atoms with Crippen LogP contribution in [0.1, 0.15) is 63.1 Å². The van der Waals surface area contributed by atoms with Crippen LogP contribution in [0, 0.1) is 0 Å². The number of hydrogen-bond donors (Lipinski definition) is 0. The molecule has 2 saturated heterocycles. The molecule has 0 aliphatic carbocycles. The van der Waals surface area contributed by atoms with Gasteiger partial charge >= 0.3 is 12.1 Å². The molecule has 0 radical (unpaired) electrons. The highest BCUT2D eigenvalue weighted by molar-refractivity contribution is 5.84. The SMILES string of the molecule is CCOC(=O)c1noc([C@@H]2CN3CCC[C@@H]3CN2C(=O)OC(C)(C)C)n1. The van der Waals surface area contributed by atoms with E-state index in [1.165, 1.54) is 0 Å². The molecule has 1 aromatic heterocycles. The summed E-state index contributed by atoms with van der Waals surface area (Å²) in [6.45, 7) is 9.52. The van der Waals surface area contributed by atoms with Crippen LogP contribution in [-0.2, 0) is 9.47 Å². The summed E-state index contributed by atoms with van der Waals surface area (Å²) < 4.78 is 15.7. The maximum absolute atomic E-state index is 12.7. The van der Waals surface area contributed by atoms with Gasteiger partial charge in [0, 0.05) is 19.1 Å². The molecule has 2 aliphatic rings. The van der Waals surface area contributed by atoms with Crippen molar-refractivity contribution in [1.82, 2.24) is 19.9 Å². The summed E-state index contributed by atoms with van der Waals surface area (Å²) in [5.41, 5.74) is -0.598. The van der Waals surface area contributed by atoms with Crippen LogP contribution in [0.25, 0.3) is 0 Å². The fourth-order valence-corrected chi connectivity index (χ4v) is 3.40. The number of fused-ring (bicyclic) bond motifs is 1. The highest BCUT2D eigenvalue weighted by Crippen LogP contribution is 2.33. The number of aromatic nitrogens is 2. The molecular formula is C17H26N4O5. The van der Waals surface area contributed by atoms with Gasteiger partial charge in [-0.3, -0.25) is 9.80 Å². The largest absolute Gasteiger partial charge is 0.460 e. The lowest BCUT2D eigenvalue weighted by molar-refractivity contribution is -0.0150. The molecule has 2 fully saturated rings. The van der Waals surface area contributed by atoms with E-state index in [1.54, 1.807) is 11.8 Å². The normalized spacial score (nSPS) is 23.6. The van der Waals surface area contributed by atoms with E-state index >= 15 is 0 Å². The standard InChI is InChI=1S/C17H26N4O5/c1-5-24-15(22)13-18-14(26-19-13)12-10-20-8-6-7-11(20)9-21(12)16(23)25-17(2,3)4/h11-12H,5-10H2,1-4H3/t11-,12+/m1/s1. The fraction of sp³-hybridized carbons (Fsp3) is 0.765. The highest BCUT2D eigenvalue weighted by Gasteiger charge is 2.43. The van der Waals surface area contributed by atoms with E-state index in [4.69, 9.17) is 14.0 Å². The lowest BCUT2D eigenvalue weighted by Crippen LogP contribution is -2.54. The molecular weight excluding hydrogens is 340 g/mol. The zero-order chi connectivity index (χ0) is 18.9. The monoisotopic (exact) mass is 366 g/mol. The molecule has 144 valence electrons. The molecule has 9 heteroatoms. The van der Waals surface area contributed by atoms with Crippen molar-refractivity contribution >= 4 is 12.1 Å². The predicted molar refractivity (Wildman–Crippen MR) is 90.5 cm³/mol. The van der Waals surface area contributed by atoms with Crippen LogP contribution in [0.15, 0.2) is 4.52 Å². The second-order valence-corrected chi connectivity index (χ2v) is 7.62. The molecule has 3 heterocycles. The molecule has 0 spiro atoms. The van der Waals surface area contributed by atoms with Crippen molar-refractivity contribution in [3.63, 3.8) is 0 Å². The zero-order valence-corrected chi connectivity index (χ0v) is 15.7. The molecule has 1 aromatic rings. The van der Waals surface area contributed by atoms with Gasteiger partial charge in [-0.15, -0.1) is 0 Å². The summed E-state index contributed by atoms with van der Waals surface area (Å²) in [4.78, 5) is 32.7. The van der Waals surface area contributed by atoms with Gasteiger partial charge in [-0.05, 0) is 52.2 Å². The minimum atomic E-state index is -0.638. The van der Waals surface area contributed by atoms with Gasteiger partial charge in [0.15, 0.2) is 0 Å². The second-order valence-electron chi connectivity index (χ2n) is 7.62. The zero-order valence-electron chi connectivity index (χ0n) is 15.7. The van der Waals surface area contributed by atoms with E-state index in [9.17, 15) is 9.59 Å². The number of ether oxygens (including phenoxy) is 2. The van der Waals surface area contributed by atoms with Crippen LogP contribution < -0.4 is 0 Å². The van der Waals surface area contributed by atoms with Crippen LogP contribution in [0.5, 0.6) is 0 Å². The summed E-state index contributed by atoms with van der Waals surface area (Å²) in [5, 5.41) is 3.71. The van der Waals surface area contributed by atoms with E-state index in [-0.39, 0.29) is 18.3 Å².